The minimum absolute atomic E-state index is 0.114. The molecule has 1 fully saturated rings. The smallest absolute Gasteiger partial charge is 0.323 e. The number of hydrogen-bond acceptors (Lipinski definition) is 5. The normalized spacial score (nSPS) is 19.6. The van der Waals surface area contributed by atoms with Gasteiger partial charge in [-0.15, -0.1) is 0 Å². The summed E-state index contributed by atoms with van der Waals surface area (Å²) in [4.78, 5) is 27.4. The first-order chi connectivity index (χ1) is 13.5. The van der Waals surface area contributed by atoms with Gasteiger partial charge in [0.25, 0.3) is 5.91 Å². The molecule has 1 aromatic carbocycles. The van der Waals surface area contributed by atoms with Crippen LogP contribution in [0.3, 0.4) is 0 Å². The summed E-state index contributed by atoms with van der Waals surface area (Å²) in [7, 11) is 0. The van der Waals surface area contributed by atoms with Crippen molar-refractivity contribution in [2.24, 2.45) is 0 Å². The Balaban J connectivity index is 2.03. The Labute approximate surface area is 185 Å². The summed E-state index contributed by atoms with van der Waals surface area (Å²) in [5.41, 5.74) is 3.91. The van der Waals surface area contributed by atoms with Crippen molar-refractivity contribution in [3.63, 3.8) is 0 Å². The molecule has 154 valence electrons. The van der Waals surface area contributed by atoms with E-state index in [4.69, 9.17) is 28.9 Å². The van der Waals surface area contributed by atoms with Gasteiger partial charge in [-0.25, -0.2) is 0 Å². The number of carbonyl (C=O) groups excluding carboxylic acids is 1. The molecule has 29 heavy (non-hydrogen) atoms. The number of benzene rings is 1. The molecule has 0 radical (unpaired) electrons. The first-order valence-corrected chi connectivity index (χ1v) is 10.9. The molecule has 1 amide bonds. The molecule has 1 N–H and O–H groups in total. The SMILES string of the molecule is CCCN1c2cc(Cl)c(/C=C3\SC(=S)N(CC(=O)O)C3=O)cc2C(C)=CC1(C)C. The Morgan fingerprint density at radius 2 is 2.07 bits per heavy atom. The highest BCUT2D eigenvalue weighted by molar-refractivity contribution is 8.26. The number of allylic oxidation sites excluding steroid dienone is 1. The lowest BCUT2D eigenvalue weighted by atomic mass is 9.87. The third-order valence-corrected chi connectivity index (χ3v) is 6.70. The fraction of sp³-hybridized carbons (Fsp3) is 0.381. The van der Waals surface area contributed by atoms with Crippen LogP contribution in [-0.2, 0) is 9.59 Å². The van der Waals surface area contributed by atoms with Gasteiger partial charge < -0.3 is 10.0 Å². The van der Waals surface area contributed by atoms with E-state index in [1.165, 1.54) is 0 Å². The Kier molecular flexibility index (Phi) is 6.13. The molecule has 0 saturated carbocycles. The molecular formula is C21H23ClN2O3S2. The highest BCUT2D eigenvalue weighted by Crippen LogP contribution is 2.42. The number of thioether (sulfide) groups is 1. The van der Waals surface area contributed by atoms with E-state index < -0.39 is 18.4 Å². The summed E-state index contributed by atoms with van der Waals surface area (Å²) in [5.74, 6) is -1.51. The van der Waals surface area contributed by atoms with E-state index >= 15 is 0 Å². The van der Waals surface area contributed by atoms with Crippen molar-refractivity contribution in [2.45, 2.75) is 39.7 Å². The van der Waals surface area contributed by atoms with Gasteiger partial charge in [-0.3, -0.25) is 14.5 Å². The number of hydrogen-bond donors (Lipinski definition) is 1. The first-order valence-electron chi connectivity index (χ1n) is 9.33. The maximum absolute atomic E-state index is 12.6. The third-order valence-electron chi connectivity index (χ3n) is 5.00. The van der Waals surface area contributed by atoms with Crippen LogP contribution in [0.2, 0.25) is 5.02 Å². The van der Waals surface area contributed by atoms with E-state index in [2.05, 4.69) is 38.7 Å². The van der Waals surface area contributed by atoms with Gasteiger partial charge in [0.05, 0.1) is 10.4 Å². The first kappa shape index (κ1) is 21.9. The Hall–Kier alpha value is -1.83. The van der Waals surface area contributed by atoms with Crippen LogP contribution < -0.4 is 4.90 Å². The number of thiocarbonyl (C=S) groups is 1. The maximum Gasteiger partial charge on any atom is 0.323 e. The van der Waals surface area contributed by atoms with Crippen LogP contribution in [0.5, 0.6) is 0 Å². The zero-order chi connectivity index (χ0) is 21.5. The van der Waals surface area contributed by atoms with Crippen molar-refractivity contribution in [3.05, 3.63) is 39.3 Å². The Morgan fingerprint density at radius 1 is 1.38 bits per heavy atom. The lowest BCUT2D eigenvalue weighted by Crippen LogP contribution is -2.45. The van der Waals surface area contributed by atoms with Gasteiger partial charge in [0.15, 0.2) is 0 Å². The van der Waals surface area contributed by atoms with Gasteiger partial charge >= 0.3 is 5.97 Å². The van der Waals surface area contributed by atoms with Crippen molar-refractivity contribution in [1.82, 2.24) is 4.90 Å². The van der Waals surface area contributed by atoms with Crippen LogP contribution in [-0.4, -0.2) is 44.8 Å². The number of carboxylic acids is 1. The molecule has 5 nitrogen and oxygen atoms in total. The van der Waals surface area contributed by atoms with Crippen molar-refractivity contribution in [1.29, 1.82) is 0 Å². The molecule has 2 aliphatic heterocycles. The number of halogens is 1. The number of aliphatic carboxylic acids is 1. The standard InChI is InChI=1S/C21H23ClN2O3S2/c1-5-6-24-16-9-15(22)13(7-14(16)12(2)10-21(24,3)4)8-17-19(27)23(11-18(25)26)20(28)29-17/h7-10H,5-6,11H2,1-4H3,(H,25,26)/b17-8-. The van der Waals surface area contributed by atoms with Crippen LogP contribution in [0.1, 0.15) is 45.2 Å². The number of amides is 1. The predicted octanol–water partition coefficient (Wildman–Crippen LogP) is 5.04. The van der Waals surface area contributed by atoms with Crippen molar-refractivity contribution in [2.75, 3.05) is 18.0 Å². The fourth-order valence-corrected chi connectivity index (χ4v) is 5.23. The Bertz CT molecular complexity index is 969. The lowest BCUT2D eigenvalue weighted by molar-refractivity contribution is -0.140. The average Bonchev–Trinajstić information content (AvgIpc) is 2.86. The third kappa shape index (κ3) is 4.22. The largest absolute Gasteiger partial charge is 0.480 e. The minimum Gasteiger partial charge on any atom is -0.480 e. The summed E-state index contributed by atoms with van der Waals surface area (Å²) in [5, 5.41) is 9.53. The van der Waals surface area contributed by atoms with Gasteiger partial charge in [-0.1, -0.05) is 48.6 Å². The lowest BCUT2D eigenvalue weighted by Gasteiger charge is -2.43. The van der Waals surface area contributed by atoms with Crippen LogP contribution in [0, 0.1) is 0 Å². The molecule has 0 bridgehead atoms. The summed E-state index contributed by atoms with van der Waals surface area (Å²) in [6.07, 6.45) is 4.96. The number of nitrogens with zero attached hydrogens (tertiary/aromatic N) is 2. The summed E-state index contributed by atoms with van der Waals surface area (Å²) >= 11 is 12.9. The molecule has 0 aliphatic carbocycles. The highest BCUT2D eigenvalue weighted by Gasteiger charge is 2.34. The quantitative estimate of drug-likeness (QED) is 0.501. The van der Waals surface area contributed by atoms with Gasteiger partial charge in [0.1, 0.15) is 10.9 Å². The van der Waals surface area contributed by atoms with Crippen molar-refractivity contribution in [3.8, 4) is 0 Å². The van der Waals surface area contributed by atoms with Gasteiger partial charge in [0.2, 0.25) is 0 Å². The molecule has 0 atom stereocenters. The molecule has 8 heteroatoms. The number of fused-ring (bicyclic) bond motifs is 1. The van der Waals surface area contributed by atoms with E-state index in [0.29, 0.717) is 15.5 Å². The van der Waals surface area contributed by atoms with Crippen LogP contribution >= 0.6 is 35.6 Å². The van der Waals surface area contributed by atoms with Gasteiger partial charge in [-0.2, -0.15) is 0 Å². The molecule has 0 unspecified atom stereocenters. The molecule has 0 aromatic heterocycles. The molecule has 1 saturated heterocycles. The summed E-state index contributed by atoms with van der Waals surface area (Å²) < 4.78 is 0.240. The second kappa shape index (κ2) is 8.13. The van der Waals surface area contributed by atoms with E-state index in [1.807, 2.05) is 12.1 Å². The van der Waals surface area contributed by atoms with E-state index in [-0.39, 0.29) is 9.86 Å². The molecule has 0 spiro atoms. The molecule has 2 heterocycles. The van der Waals surface area contributed by atoms with Gasteiger partial charge in [0, 0.05) is 22.8 Å². The fourth-order valence-electron chi connectivity index (χ4n) is 3.77. The molecule has 1 aromatic rings. The van der Waals surface area contributed by atoms with Crippen LogP contribution in [0.25, 0.3) is 11.6 Å². The van der Waals surface area contributed by atoms with E-state index in [0.717, 1.165) is 46.5 Å². The maximum atomic E-state index is 12.6. The molecular weight excluding hydrogens is 428 g/mol. The second-order valence-corrected chi connectivity index (χ2v) is 9.77. The highest BCUT2D eigenvalue weighted by atomic mass is 35.5. The van der Waals surface area contributed by atoms with E-state index in [1.54, 1.807) is 6.08 Å². The zero-order valence-electron chi connectivity index (χ0n) is 16.8. The molecule has 3 rings (SSSR count). The number of carboxylic acid groups (broad SMARTS) is 1. The van der Waals surface area contributed by atoms with Gasteiger partial charge in [-0.05, 0) is 56.5 Å². The second-order valence-electron chi connectivity index (χ2n) is 7.69. The number of anilines is 1. The van der Waals surface area contributed by atoms with Crippen LogP contribution in [0.4, 0.5) is 5.69 Å². The van der Waals surface area contributed by atoms with Crippen LogP contribution in [0.15, 0.2) is 23.1 Å². The number of carbonyl (C=O) groups is 2. The topological polar surface area (TPSA) is 60.9 Å². The van der Waals surface area contributed by atoms with E-state index in [9.17, 15) is 9.59 Å². The average molecular weight is 451 g/mol. The van der Waals surface area contributed by atoms with Crippen molar-refractivity contribution >= 4 is 69.1 Å². The van der Waals surface area contributed by atoms with Crippen molar-refractivity contribution < 1.29 is 14.7 Å². The zero-order valence-corrected chi connectivity index (χ0v) is 19.2. The number of rotatable bonds is 5. The minimum atomic E-state index is -1.10. The molecule has 2 aliphatic rings. The Morgan fingerprint density at radius 3 is 2.69 bits per heavy atom. The monoisotopic (exact) mass is 450 g/mol. The summed E-state index contributed by atoms with van der Waals surface area (Å²) in [6, 6.07) is 3.94. The summed E-state index contributed by atoms with van der Waals surface area (Å²) in [6.45, 7) is 9.06. The predicted molar refractivity (Wildman–Crippen MR) is 124 cm³/mol.